The Hall–Kier alpha value is -1.93. The molecule has 1 atom stereocenters. The van der Waals surface area contributed by atoms with E-state index in [-0.39, 0.29) is 6.04 Å². The summed E-state index contributed by atoms with van der Waals surface area (Å²) in [5, 5.41) is 7.73. The minimum absolute atomic E-state index is 0.261. The molecule has 3 heterocycles. The lowest BCUT2D eigenvalue weighted by atomic mass is 10.2. The lowest BCUT2D eigenvalue weighted by Crippen LogP contribution is -2.44. The highest BCUT2D eigenvalue weighted by Gasteiger charge is 2.23. The van der Waals surface area contributed by atoms with Gasteiger partial charge in [0.05, 0.1) is 30.8 Å². The minimum atomic E-state index is 0.261. The van der Waals surface area contributed by atoms with Crippen molar-refractivity contribution in [3.63, 3.8) is 0 Å². The van der Waals surface area contributed by atoms with Crippen LogP contribution in [0.5, 0.6) is 0 Å². The van der Waals surface area contributed by atoms with Crippen LogP contribution >= 0.6 is 0 Å². The summed E-state index contributed by atoms with van der Waals surface area (Å²) in [6, 6.07) is 0.261. The highest BCUT2D eigenvalue weighted by Crippen LogP contribution is 2.26. The fraction of sp³-hybridized carbons (Fsp3) is 0.500. The van der Waals surface area contributed by atoms with Crippen LogP contribution in [0.4, 0.5) is 11.8 Å². The van der Waals surface area contributed by atoms with Gasteiger partial charge in [-0.1, -0.05) is 0 Å². The van der Waals surface area contributed by atoms with Crippen LogP contribution in [0.1, 0.15) is 6.92 Å². The molecule has 4 N–H and O–H groups in total. The first-order chi connectivity index (χ1) is 8.79. The number of nitrogens with one attached hydrogen (secondary N) is 2. The summed E-state index contributed by atoms with van der Waals surface area (Å²) in [7, 11) is 0. The number of anilines is 2. The molecule has 1 aliphatic heterocycles. The van der Waals surface area contributed by atoms with E-state index in [4.69, 9.17) is 10.6 Å². The van der Waals surface area contributed by atoms with Crippen LogP contribution in [0.25, 0.3) is 11.0 Å². The van der Waals surface area contributed by atoms with Crippen LogP contribution in [0.2, 0.25) is 0 Å². The zero-order chi connectivity index (χ0) is 12.5. The van der Waals surface area contributed by atoms with Crippen molar-refractivity contribution in [1.82, 2.24) is 20.2 Å². The number of ether oxygens (including phenoxy) is 1. The molecular formula is C10H15N7O. The van der Waals surface area contributed by atoms with Crippen molar-refractivity contribution in [1.29, 1.82) is 0 Å². The number of aromatic nitrogens is 4. The molecule has 1 unspecified atom stereocenters. The molecule has 1 fully saturated rings. The van der Waals surface area contributed by atoms with Crippen molar-refractivity contribution in [2.75, 3.05) is 30.1 Å². The number of nitrogens with zero attached hydrogens (tertiary/aromatic N) is 4. The van der Waals surface area contributed by atoms with E-state index in [2.05, 4.69) is 37.4 Å². The highest BCUT2D eigenvalue weighted by molar-refractivity contribution is 5.87. The molecule has 96 valence electrons. The highest BCUT2D eigenvalue weighted by atomic mass is 16.5. The van der Waals surface area contributed by atoms with Gasteiger partial charge >= 0.3 is 0 Å². The third kappa shape index (κ3) is 1.75. The number of fused-ring (bicyclic) bond motifs is 1. The number of hydrogen-bond donors (Lipinski definition) is 3. The summed E-state index contributed by atoms with van der Waals surface area (Å²) in [6.45, 7) is 4.28. The molecule has 8 heteroatoms. The Balaban J connectivity index is 2.10. The number of hydrazine groups is 1. The van der Waals surface area contributed by atoms with Crippen LogP contribution in [0.15, 0.2) is 6.20 Å². The van der Waals surface area contributed by atoms with Gasteiger partial charge in [0.25, 0.3) is 0 Å². The smallest absolute Gasteiger partial charge is 0.241 e. The zero-order valence-electron chi connectivity index (χ0n) is 10.1. The van der Waals surface area contributed by atoms with Crippen LogP contribution in [0.3, 0.4) is 0 Å². The molecule has 0 aliphatic carbocycles. The maximum atomic E-state index is 5.43. The van der Waals surface area contributed by atoms with Crippen molar-refractivity contribution < 1.29 is 4.74 Å². The summed E-state index contributed by atoms with van der Waals surface area (Å²) in [5.41, 5.74) is 3.15. The molecule has 8 nitrogen and oxygen atoms in total. The van der Waals surface area contributed by atoms with Crippen LogP contribution < -0.4 is 16.2 Å². The van der Waals surface area contributed by atoms with E-state index in [1.165, 1.54) is 0 Å². The van der Waals surface area contributed by atoms with Crippen molar-refractivity contribution in [2.45, 2.75) is 13.0 Å². The predicted octanol–water partition coefficient (Wildman–Crippen LogP) is -0.136. The van der Waals surface area contributed by atoms with E-state index in [0.29, 0.717) is 24.8 Å². The number of nitrogens with two attached hydrogens (primary N) is 1. The second-order valence-corrected chi connectivity index (χ2v) is 4.26. The summed E-state index contributed by atoms with van der Waals surface area (Å²) in [6.07, 6.45) is 1.73. The molecule has 2 aromatic heterocycles. The van der Waals surface area contributed by atoms with Gasteiger partial charge in [-0.05, 0) is 6.92 Å². The van der Waals surface area contributed by atoms with Gasteiger partial charge in [-0.3, -0.25) is 10.5 Å². The third-order valence-electron chi connectivity index (χ3n) is 3.06. The van der Waals surface area contributed by atoms with Crippen molar-refractivity contribution in [3.05, 3.63) is 6.20 Å². The first-order valence-electron chi connectivity index (χ1n) is 5.81. The number of rotatable bonds is 2. The lowest BCUT2D eigenvalue weighted by Gasteiger charge is -2.34. The average Bonchev–Trinajstić information content (AvgIpc) is 2.86. The van der Waals surface area contributed by atoms with Crippen molar-refractivity contribution in [3.8, 4) is 0 Å². The van der Waals surface area contributed by atoms with Gasteiger partial charge in [0.1, 0.15) is 5.82 Å². The molecule has 3 rings (SSSR count). The summed E-state index contributed by atoms with van der Waals surface area (Å²) in [4.78, 5) is 10.8. The SMILES string of the molecule is CC1COCCN1c1nc(NN)nc2[nH]ncc12. The van der Waals surface area contributed by atoms with E-state index >= 15 is 0 Å². The van der Waals surface area contributed by atoms with Gasteiger partial charge in [-0.2, -0.15) is 15.1 Å². The summed E-state index contributed by atoms with van der Waals surface area (Å²) in [5.74, 6) is 6.60. The van der Waals surface area contributed by atoms with E-state index in [1.807, 2.05) is 0 Å². The monoisotopic (exact) mass is 249 g/mol. The Kier molecular flexibility index (Phi) is 2.73. The Morgan fingerprint density at radius 3 is 3.22 bits per heavy atom. The fourth-order valence-corrected chi connectivity index (χ4v) is 2.14. The van der Waals surface area contributed by atoms with Crippen LogP contribution in [-0.2, 0) is 4.74 Å². The van der Waals surface area contributed by atoms with Crippen LogP contribution in [0, 0.1) is 0 Å². The molecule has 0 spiro atoms. The maximum Gasteiger partial charge on any atom is 0.241 e. The number of H-pyrrole nitrogens is 1. The van der Waals surface area contributed by atoms with E-state index in [9.17, 15) is 0 Å². The van der Waals surface area contributed by atoms with Crippen LogP contribution in [-0.4, -0.2) is 46.0 Å². The van der Waals surface area contributed by atoms with E-state index in [1.54, 1.807) is 6.20 Å². The van der Waals surface area contributed by atoms with Gasteiger partial charge in [-0.15, -0.1) is 0 Å². The first-order valence-corrected chi connectivity index (χ1v) is 5.81. The van der Waals surface area contributed by atoms with E-state index in [0.717, 1.165) is 17.7 Å². The topological polar surface area (TPSA) is 105 Å². The summed E-state index contributed by atoms with van der Waals surface area (Å²) < 4.78 is 5.43. The lowest BCUT2D eigenvalue weighted by molar-refractivity contribution is 0.0987. The zero-order valence-corrected chi connectivity index (χ0v) is 10.1. The van der Waals surface area contributed by atoms with Gasteiger partial charge in [0.15, 0.2) is 5.65 Å². The number of hydrogen-bond acceptors (Lipinski definition) is 7. The fourth-order valence-electron chi connectivity index (χ4n) is 2.14. The Morgan fingerprint density at radius 2 is 2.44 bits per heavy atom. The molecule has 0 bridgehead atoms. The maximum absolute atomic E-state index is 5.43. The quantitative estimate of drug-likeness (QED) is 0.502. The standard InChI is InChI=1S/C10H15N7O/c1-6-5-18-3-2-17(6)9-7-4-12-16-8(7)13-10(14-9)15-11/h4,6H,2-3,5,11H2,1H3,(H2,12,13,14,15,16). The number of morpholine rings is 1. The summed E-state index contributed by atoms with van der Waals surface area (Å²) >= 11 is 0. The second kappa shape index (κ2) is 4.39. The Bertz CT molecular complexity index is 554. The number of nitrogen functional groups attached to an aromatic ring is 1. The Labute approximate surface area is 104 Å². The molecule has 0 amide bonds. The molecule has 1 aliphatic rings. The van der Waals surface area contributed by atoms with Gasteiger partial charge < -0.3 is 9.64 Å². The minimum Gasteiger partial charge on any atom is -0.377 e. The van der Waals surface area contributed by atoms with Crippen molar-refractivity contribution >= 4 is 22.8 Å². The Morgan fingerprint density at radius 1 is 1.56 bits per heavy atom. The van der Waals surface area contributed by atoms with Gasteiger partial charge in [-0.25, -0.2) is 5.84 Å². The molecule has 0 radical (unpaired) electrons. The molecule has 0 aromatic carbocycles. The molecule has 0 saturated carbocycles. The second-order valence-electron chi connectivity index (χ2n) is 4.26. The number of aromatic amines is 1. The first kappa shape index (κ1) is 11.2. The molecule has 18 heavy (non-hydrogen) atoms. The van der Waals surface area contributed by atoms with Gasteiger partial charge in [0.2, 0.25) is 5.95 Å². The average molecular weight is 249 g/mol. The molecule has 1 saturated heterocycles. The van der Waals surface area contributed by atoms with E-state index < -0.39 is 0 Å². The molecule has 2 aromatic rings. The van der Waals surface area contributed by atoms with Crippen molar-refractivity contribution in [2.24, 2.45) is 5.84 Å². The largest absolute Gasteiger partial charge is 0.377 e. The predicted molar refractivity (Wildman–Crippen MR) is 67.1 cm³/mol. The molecular weight excluding hydrogens is 234 g/mol. The van der Waals surface area contributed by atoms with Gasteiger partial charge in [0, 0.05) is 6.54 Å². The normalized spacial score (nSPS) is 20.3. The third-order valence-corrected chi connectivity index (χ3v) is 3.06.